The van der Waals surface area contributed by atoms with Gasteiger partial charge in [0, 0.05) is 6.08 Å². The fraction of sp³-hybridized carbons (Fsp3) is 0.292. The molecule has 0 saturated heterocycles. The lowest BCUT2D eigenvalue weighted by Gasteiger charge is -2.25. The highest BCUT2D eigenvalue weighted by Gasteiger charge is 2.34. The Kier molecular flexibility index (Phi) is 5.88. The molecule has 8 heteroatoms. The normalized spacial score (nSPS) is 16.2. The summed E-state index contributed by atoms with van der Waals surface area (Å²) < 4.78 is 18.5. The maximum absolute atomic E-state index is 13.5. The third-order valence-corrected chi connectivity index (χ3v) is 6.01. The summed E-state index contributed by atoms with van der Waals surface area (Å²) in [6.45, 7) is 7.18. The number of aryl methyl sites for hydroxylation is 1. The molecule has 3 heterocycles. The molecular weight excluding hydrogens is 428 g/mol. The number of furan rings is 1. The molecule has 2 aromatic heterocycles. The minimum Gasteiger partial charge on any atom is -0.497 e. The Balaban J connectivity index is 1.96. The zero-order valence-corrected chi connectivity index (χ0v) is 19.4. The molecule has 7 nitrogen and oxygen atoms in total. The number of fused-ring (bicyclic) bond motifs is 1. The number of benzene rings is 1. The zero-order chi connectivity index (χ0) is 23.0. The third kappa shape index (κ3) is 4.05. The lowest BCUT2D eigenvalue weighted by molar-refractivity contribution is -0.143. The van der Waals surface area contributed by atoms with Crippen LogP contribution in [-0.4, -0.2) is 23.8 Å². The Morgan fingerprint density at radius 2 is 2.03 bits per heavy atom. The summed E-state index contributed by atoms with van der Waals surface area (Å²) in [5, 5.41) is 0. The first-order valence-corrected chi connectivity index (χ1v) is 11.0. The van der Waals surface area contributed by atoms with E-state index in [-0.39, 0.29) is 11.7 Å². The highest BCUT2D eigenvalue weighted by molar-refractivity contribution is 7.07. The number of ether oxygens (including phenoxy) is 2. The molecule has 1 aliphatic rings. The fourth-order valence-electron chi connectivity index (χ4n) is 3.65. The summed E-state index contributed by atoms with van der Waals surface area (Å²) in [6, 6.07) is 10.3. The van der Waals surface area contributed by atoms with Gasteiger partial charge in [-0.3, -0.25) is 9.36 Å². The summed E-state index contributed by atoms with van der Waals surface area (Å²) in [5.41, 5.74) is 1.33. The van der Waals surface area contributed by atoms with Crippen LogP contribution >= 0.6 is 11.3 Å². The monoisotopic (exact) mass is 452 g/mol. The number of aromatic nitrogens is 1. The van der Waals surface area contributed by atoms with Gasteiger partial charge in [-0.15, -0.1) is 0 Å². The van der Waals surface area contributed by atoms with Crippen molar-refractivity contribution in [1.29, 1.82) is 0 Å². The number of nitrogens with zero attached hydrogens (tertiary/aromatic N) is 2. The third-order valence-electron chi connectivity index (χ3n) is 5.03. The van der Waals surface area contributed by atoms with Crippen LogP contribution in [0.2, 0.25) is 0 Å². The van der Waals surface area contributed by atoms with Crippen LogP contribution in [0.3, 0.4) is 0 Å². The van der Waals surface area contributed by atoms with Crippen molar-refractivity contribution >= 4 is 23.4 Å². The van der Waals surface area contributed by atoms with Gasteiger partial charge in [0.1, 0.15) is 17.3 Å². The number of esters is 1. The molecule has 0 bridgehead atoms. The van der Waals surface area contributed by atoms with Gasteiger partial charge in [0.25, 0.3) is 5.56 Å². The molecule has 0 fully saturated rings. The molecule has 1 aliphatic heterocycles. The molecule has 0 aliphatic carbocycles. The summed E-state index contributed by atoms with van der Waals surface area (Å²) in [7, 11) is 1.57. The number of hydrogen-bond acceptors (Lipinski definition) is 7. The number of allylic oxidation sites excluding steroid dienone is 1. The minimum atomic E-state index is -0.687. The Hall–Kier alpha value is -3.39. The second-order valence-electron chi connectivity index (χ2n) is 7.76. The number of thiazole rings is 1. The smallest absolute Gasteiger partial charge is 0.338 e. The van der Waals surface area contributed by atoms with Crippen molar-refractivity contribution in [2.75, 3.05) is 7.11 Å². The lowest BCUT2D eigenvalue weighted by Crippen LogP contribution is -2.40. The standard InChI is InChI=1S/C24H24N2O5S/c1-13(2)30-23(28)20-15(4)25-24-26(21(20)16-7-6-8-17(11-16)29-5)22(27)19(32-24)12-18-10-9-14(3)31-18/h6-13,21H,1-5H3/t21-/m0/s1. The lowest BCUT2D eigenvalue weighted by atomic mass is 9.95. The molecule has 1 aromatic carbocycles. The first kappa shape index (κ1) is 21.8. The van der Waals surface area contributed by atoms with E-state index >= 15 is 0 Å². The number of hydrogen-bond donors (Lipinski definition) is 0. The zero-order valence-electron chi connectivity index (χ0n) is 18.5. The van der Waals surface area contributed by atoms with Crippen LogP contribution in [0.4, 0.5) is 0 Å². The quantitative estimate of drug-likeness (QED) is 0.556. The number of rotatable bonds is 5. The van der Waals surface area contributed by atoms with Gasteiger partial charge in [-0.05, 0) is 57.5 Å². The van der Waals surface area contributed by atoms with E-state index < -0.39 is 12.0 Å². The van der Waals surface area contributed by atoms with Crippen LogP contribution in [0.15, 0.2) is 61.9 Å². The van der Waals surface area contributed by atoms with Crippen LogP contribution in [0.1, 0.15) is 43.9 Å². The van der Waals surface area contributed by atoms with Gasteiger partial charge < -0.3 is 13.9 Å². The summed E-state index contributed by atoms with van der Waals surface area (Å²) in [5.74, 6) is 1.47. The molecule has 32 heavy (non-hydrogen) atoms. The molecule has 4 rings (SSSR count). The van der Waals surface area contributed by atoms with E-state index in [0.717, 1.165) is 11.3 Å². The number of methoxy groups -OCH3 is 1. The Labute approximate surface area is 188 Å². The minimum absolute atomic E-state index is 0.252. The largest absolute Gasteiger partial charge is 0.497 e. The molecule has 166 valence electrons. The van der Waals surface area contributed by atoms with Crippen molar-refractivity contribution in [1.82, 2.24) is 4.57 Å². The van der Waals surface area contributed by atoms with Gasteiger partial charge in [-0.2, -0.15) is 0 Å². The predicted molar refractivity (Wildman–Crippen MR) is 121 cm³/mol. The average Bonchev–Trinajstić information content (AvgIpc) is 3.29. The van der Waals surface area contributed by atoms with Crippen molar-refractivity contribution in [3.63, 3.8) is 0 Å². The van der Waals surface area contributed by atoms with E-state index in [0.29, 0.717) is 32.1 Å². The molecule has 3 aromatic rings. The van der Waals surface area contributed by atoms with Crippen molar-refractivity contribution in [3.8, 4) is 5.75 Å². The summed E-state index contributed by atoms with van der Waals surface area (Å²) in [6.07, 6.45) is 1.39. The average molecular weight is 453 g/mol. The highest BCUT2D eigenvalue weighted by Crippen LogP contribution is 2.32. The van der Waals surface area contributed by atoms with Gasteiger partial charge in [0.05, 0.1) is 35.1 Å². The Morgan fingerprint density at radius 1 is 1.25 bits per heavy atom. The van der Waals surface area contributed by atoms with E-state index in [2.05, 4.69) is 4.99 Å². The first-order valence-electron chi connectivity index (χ1n) is 10.2. The van der Waals surface area contributed by atoms with Gasteiger partial charge in [0.2, 0.25) is 0 Å². The number of carbonyl (C=O) groups is 1. The Morgan fingerprint density at radius 3 is 2.69 bits per heavy atom. The number of carbonyl (C=O) groups excluding carboxylic acids is 1. The second kappa shape index (κ2) is 8.63. The van der Waals surface area contributed by atoms with E-state index in [1.165, 1.54) is 11.3 Å². The predicted octanol–water partition coefficient (Wildman–Crippen LogP) is 3.10. The van der Waals surface area contributed by atoms with Crippen LogP contribution < -0.4 is 19.6 Å². The van der Waals surface area contributed by atoms with Crippen LogP contribution in [0, 0.1) is 6.92 Å². The molecule has 1 atom stereocenters. The van der Waals surface area contributed by atoms with Crippen LogP contribution in [0.5, 0.6) is 5.75 Å². The SMILES string of the molecule is COc1cccc([C@H]2C(C(=O)OC(C)C)=C(C)N=c3sc(=Cc4ccc(C)o4)c(=O)n32)c1. The maximum Gasteiger partial charge on any atom is 0.338 e. The summed E-state index contributed by atoms with van der Waals surface area (Å²) in [4.78, 5) is 31.7. The van der Waals surface area contributed by atoms with Gasteiger partial charge in [-0.25, -0.2) is 9.79 Å². The van der Waals surface area contributed by atoms with Crippen molar-refractivity contribution in [3.05, 3.63) is 84.4 Å². The van der Waals surface area contributed by atoms with Crippen molar-refractivity contribution in [2.24, 2.45) is 4.99 Å². The van der Waals surface area contributed by atoms with E-state index in [1.807, 2.05) is 43.3 Å². The van der Waals surface area contributed by atoms with E-state index in [4.69, 9.17) is 13.9 Å². The van der Waals surface area contributed by atoms with E-state index in [1.54, 1.807) is 38.5 Å². The molecule has 0 spiro atoms. The van der Waals surface area contributed by atoms with Gasteiger partial charge >= 0.3 is 5.97 Å². The molecule has 0 amide bonds. The molecular formula is C24H24N2O5S. The maximum atomic E-state index is 13.5. The molecule has 0 N–H and O–H groups in total. The summed E-state index contributed by atoms with van der Waals surface area (Å²) >= 11 is 1.26. The molecule has 0 unspecified atom stereocenters. The topological polar surface area (TPSA) is 83.0 Å². The first-order chi connectivity index (χ1) is 15.3. The highest BCUT2D eigenvalue weighted by atomic mass is 32.1. The Bertz CT molecular complexity index is 1390. The van der Waals surface area contributed by atoms with Crippen molar-refractivity contribution in [2.45, 2.75) is 39.8 Å². The van der Waals surface area contributed by atoms with Crippen molar-refractivity contribution < 1.29 is 18.7 Å². The van der Waals surface area contributed by atoms with E-state index in [9.17, 15) is 9.59 Å². The molecule has 0 saturated carbocycles. The second-order valence-corrected chi connectivity index (χ2v) is 8.77. The fourth-order valence-corrected chi connectivity index (χ4v) is 4.67. The van der Waals surface area contributed by atoms with Gasteiger partial charge in [-0.1, -0.05) is 23.5 Å². The molecule has 0 radical (unpaired) electrons. The van der Waals surface area contributed by atoms with Crippen LogP contribution in [-0.2, 0) is 9.53 Å². The van der Waals surface area contributed by atoms with Gasteiger partial charge in [0.15, 0.2) is 4.80 Å². The van der Waals surface area contributed by atoms with Crippen LogP contribution in [0.25, 0.3) is 6.08 Å².